The number of carbonyl (C=O) groups is 1. The van der Waals surface area contributed by atoms with Crippen LogP contribution in [-0.2, 0) is 4.79 Å². The van der Waals surface area contributed by atoms with Crippen LogP contribution in [0.2, 0.25) is 0 Å². The van der Waals surface area contributed by atoms with Crippen LogP contribution in [0.15, 0.2) is 59.8 Å². The van der Waals surface area contributed by atoms with Crippen LogP contribution in [0.4, 0.5) is 5.69 Å². The first-order valence-electron chi connectivity index (χ1n) is 7.01. The summed E-state index contributed by atoms with van der Waals surface area (Å²) in [5.74, 6) is 1.25. The van der Waals surface area contributed by atoms with Gasteiger partial charge in [0, 0.05) is 5.69 Å². The van der Waals surface area contributed by atoms with Crippen LogP contribution in [0.5, 0.6) is 11.5 Å². The van der Waals surface area contributed by atoms with Crippen molar-refractivity contribution in [3.8, 4) is 11.5 Å². The number of carbonyl (C=O) groups excluding carboxylic acids is 1. The Morgan fingerprint density at radius 3 is 2.00 bits per heavy atom. The number of hydrogen-bond donors (Lipinski definition) is 2. The number of nitroso groups, excluding NO2 is 1. The van der Waals surface area contributed by atoms with E-state index in [4.69, 9.17) is 15.4 Å². The minimum absolute atomic E-state index is 0.228. The van der Waals surface area contributed by atoms with E-state index in [1.165, 1.54) is 7.05 Å². The Kier molecular flexibility index (Phi) is 6.89. The average molecular weight is 315 g/mol. The maximum Gasteiger partial charge on any atom is 0.243 e. The summed E-state index contributed by atoms with van der Waals surface area (Å²) in [4.78, 5) is 20.3. The predicted molar refractivity (Wildman–Crippen MR) is 91.6 cm³/mol. The van der Waals surface area contributed by atoms with Crippen LogP contribution in [0.25, 0.3) is 0 Å². The predicted octanol–water partition coefficient (Wildman–Crippen LogP) is 3.54. The third kappa shape index (κ3) is 6.71. The molecule has 0 fully saturated rings. The van der Waals surface area contributed by atoms with Gasteiger partial charge in [-0.15, -0.1) is 0 Å². The van der Waals surface area contributed by atoms with E-state index in [0.717, 1.165) is 5.75 Å². The van der Waals surface area contributed by atoms with Crippen molar-refractivity contribution < 1.29 is 9.53 Å². The molecular weight excluding hydrogens is 294 g/mol. The van der Waals surface area contributed by atoms with Crippen LogP contribution in [0.3, 0.4) is 0 Å². The maximum absolute atomic E-state index is 11.7. The second-order valence-corrected chi connectivity index (χ2v) is 5.30. The molecule has 0 saturated carbocycles. The molecule has 3 N–H and O–H groups in total. The van der Waals surface area contributed by atoms with Gasteiger partial charge in [0.25, 0.3) is 0 Å². The zero-order valence-corrected chi connectivity index (χ0v) is 13.4. The van der Waals surface area contributed by atoms with Crippen LogP contribution >= 0.6 is 0 Å². The zero-order valence-electron chi connectivity index (χ0n) is 13.4. The summed E-state index contributed by atoms with van der Waals surface area (Å²) < 4.78 is 5.67. The fourth-order valence-corrected chi connectivity index (χ4v) is 1.52. The Hall–Kier alpha value is -2.73. The molecule has 0 spiro atoms. The molecule has 6 nitrogen and oxygen atoms in total. The molecule has 0 aromatic heterocycles. The molecule has 0 atom stereocenters. The minimum Gasteiger partial charge on any atom is -0.457 e. The van der Waals surface area contributed by atoms with E-state index in [-0.39, 0.29) is 5.91 Å². The monoisotopic (exact) mass is 315 g/mol. The molecule has 0 aliphatic rings. The molecule has 0 heterocycles. The number of rotatable bonds is 4. The molecule has 2 aromatic rings. The first-order valence-corrected chi connectivity index (χ1v) is 7.01. The van der Waals surface area contributed by atoms with Crippen molar-refractivity contribution in [2.75, 3.05) is 12.4 Å². The van der Waals surface area contributed by atoms with Crippen molar-refractivity contribution in [3.63, 3.8) is 0 Å². The normalized spacial score (nSPS) is 10.1. The smallest absolute Gasteiger partial charge is 0.243 e. The van der Waals surface area contributed by atoms with E-state index in [2.05, 4.69) is 10.5 Å². The summed E-state index contributed by atoms with van der Waals surface area (Å²) >= 11 is 0. The van der Waals surface area contributed by atoms with Crippen LogP contribution in [-0.4, -0.2) is 18.5 Å². The lowest BCUT2D eigenvalue weighted by Gasteiger charge is -2.17. The molecule has 0 saturated heterocycles. The van der Waals surface area contributed by atoms with E-state index in [9.17, 15) is 4.79 Å². The van der Waals surface area contributed by atoms with Gasteiger partial charge in [-0.3, -0.25) is 4.79 Å². The number of nitrogens with one attached hydrogen (secondary N) is 1. The molecule has 6 heteroatoms. The number of para-hydroxylation sites is 1. The van der Waals surface area contributed by atoms with Crippen molar-refractivity contribution in [1.82, 2.24) is 0 Å². The topological polar surface area (TPSA) is 93.8 Å². The van der Waals surface area contributed by atoms with Gasteiger partial charge in [0.05, 0.1) is 12.6 Å². The summed E-state index contributed by atoms with van der Waals surface area (Å²) in [6.45, 7) is 3.32. The van der Waals surface area contributed by atoms with Gasteiger partial charge in [-0.25, -0.2) is 0 Å². The number of nitrogens with zero attached hydrogens (tertiary/aromatic N) is 1. The molecule has 0 aliphatic heterocycles. The van der Waals surface area contributed by atoms with Gasteiger partial charge >= 0.3 is 0 Å². The molecule has 2 aromatic carbocycles. The molecule has 23 heavy (non-hydrogen) atoms. The van der Waals surface area contributed by atoms with Crippen LogP contribution in [0.1, 0.15) is 13.8 Å². The van der Waals surface area contributed by atoms with Crippen molar-refractivity contribution in [3.05, 3.63) is 59.5 Å². The maximum atomic E-state index is 11.7. The summed E-state index contributed by atoms with van der Waals surface area (Å²) in [6, 6.07) is 16.7. The van der Waals surface area contributed by atoms with Crippen molar-refractivity contribution in [2.24, 2.45) is 10.9 Å². The quantitative estimate of drug-likeness (QED) is 0.844. The fraction of sp³-hybridized carbons (Fsp3) is 0.235. The van der Waals surface area contributed by atoms with Crippen molar-refractivity contribution in [1.29, 1.82) is 0 Å². The number of amides is 1. The Balaban J connectivity index is 0.000000816. The number of anilines is 1. The Morgan fingerprint density at radius 2 is 1.52 bits per heavy atom. The van der Waals surface area contributed by atoms with Crippen LogP contribution < -0.4 is 15.8 Å². The van der Waals surface area contributed by atoms with Gasteiger partial charge in [-0.05, 0) is 50.2 Å². The molecule has 0 unspecified atom stereocenters. The van der Waals surface area contributed by atoms with Gasteiger partial charge in [0.15, 0.2) is 0 Å². The van der Waals surface area contributed by atoms with Gasteiger partial charge in [-0.2, -0.15) is 4.91 Å². The lowest BCUT2D eigenvalue weighted by Crippen LogP contribution is -2.45. The van der Waals surface area contributed by atoms with Gasteiger partial charge in [0.1, 0.15) is 11.5 Å². The molecule has 0 aliphatic carbocycles. The Morgan fingerprint density at radius 1 is 1.04 bits per heavy atom. The molecule has 2 rings (SSSR count). The second-order valence-electron chi connectivity index (χ2n) is 5.30. The summed E-state index contributed by atoms with van der Waals surface area (Å²) in [5.41, 5.74) is 5.51. The molecular formula is C17H21N3O3. The molecule has 122 valence electrons. The molecule has 0 radical (unpaired) electrons. The number of benzene rings is 2. The highest BCUT2D eigenvalue weighted by Gasteiger charge is 2.21. The van der Waals surface area contributed by atoms with E-state index in [1.54, 1.807) is 38.1 Å². The molecule has 1 amide bonds. The summed E-state index contributed by atoms with van der Waals surface area (Å²) in [5, 5.41) is 5.00. The number of nitrogens with two attached hydrogens (primary N) is 1. The second kappa shape index (κ2) is 8.65. The number of hydrogen-bond acceptors (Lipinski definition) is 5. The van der Waals surface area contributed by atoms with Gasteiger partial charge < -0.3 is 15.8 Å². The lowest BCUT2D eigenvalue weighted by atomic mass is 10.1. The van der Waals surface area contributed by atoms with E-state index < -0.39 is 5.54 Å². The van der Waals surface area contributed by atoms with Gasteiger partial charge in [-0.1, -0.05) is 23.4 Å². The largest absolute Gasteiger partial charge is 0.457 e. The van der Waals surface area contributed by atoms with Gasteiger partial charge in [0.2, 0.25) is 5.91 Å². The van der Waals surface area contributed by atoms with E-state index in [0.29, 0.717) is 11.4 Å². The first kappa shape index (κ1) is 18.3. The average Bonchev–Trinajstić information content (AvgIpc) is 2.50. The molecule has 0 bridgehead atoms. The lowest BCUT2D eigenvalue weighted by molar-refractivity contribution is -0.120. The summed E-state index contributed by atoms with van der Waals surface area (Å²) in [7, 11) is 1.19. The standard InChI is InChI=1S/C16H18N2O2.CH3NO/c1-16(2,17)15(19)18-12-8-10-14(11-9-12)20-13-6-4-3-5-7-13;1-2-3/h3-11H,17H2,1-2H3,(H,18,19);1H3. The SMILES string of the molecule is CC(C)(N)C(=O)Nc1ccc(Oc2ccccc2)cc1.CN=O. The highest BCUT2D eigenvalue weighted by molar-refractivity contribution is 5.97. The first-order chi connectivity index (χ1) is 10.9. The Bertz CT molecular complexity index is 620. The Labute approximate surface area is 135 Å². The van der Waals surface area contributed by atoms with Crippen molar-refractivity contribution in [2.45, 2.75) is 19.4 Å². The van der Waals surface area contributed by atoms with E-state index >= 15 is 0 Å². The number of ether oxygens (including phenoxy) is 1. The highest BCUT2D eigenvalue weighted by atomic mass is 16.5. The summed E-state index contributed by atoms with van der Waals surface area (Å²) in [6.07, 6.45) is 0. The third-order valence-corrected chi connectivity index (χ3v) is 2.68. The highest BCUT2D eigenvalue weighted by Crippen LogP contribution is 2.22. The minimum atomic E-state index is -0.904. The van der Waals surface area contributed by atoms with Crippen molar-refractivity contribution >= 4 is 11.6 Å². The fourth-order valence-electron chi connectivity index (χ4n) is 1.52. The zero-order chi connectivity index (χ0) is 17.3. The third-order valence-electron chi connectivity index (χ3n) is 2.68. The van der Waals surface area contributed by atoms with E-state index in [1.807, 2.05) is 30.3 Å². The van der Waals surface area contributed by atoms with Crippen LogP contribution in [0, 0.1) is 4.91 Å².